The first-order valence-corrected chi connectivity index (χ1v) is 7.30. The Morgan fingerprint density at radius 3 is 2.50 bits per heavy atom. The van der Waals surface area contributed by atoms with Crippen molar-refractivity contribution < 1.29 is 9.52 Å². The summed E-state index contributed by atoms with van der Waals surface area (Å²) in [6, 6.07) is 13.4. The monoisotopic (exact) mass is 294 g/mol. The number of aryl methyl sites for hydroxylation is 2. The Hall–Kier alpha value is -2.55. The van der Waals surface area contributed by atoms with Crippen molar-refractivity contribution in [1.82, 2.24) is 0 Å². The third-order valence-corrected chi connectivity index (χ3v) is 4.05. The molecule has 0 aliphatic rings. The highest BCUT2D eigenvalue weighted by Crippen LogP contribution is 2.34. The maximum atomic E-state index is 12.3. The number of benzene rings is 2. The molecule has 0 amide bonds. The van der Waals surface area contributed by atoms with E-state index in [0.29, 0.717) is 16.5 Å². The fourth-order valence-corrected chi connectivity index (χ4v) is 2.79. The largest absolute Gasteiger partial charge is 0.507 e. The predicted octanol–water partition coefficient (Wildman–Crippen LogP) is 4.27. The highest BCUT2D eigenvalue weighted by molar-refractivity contribution is 5.84. The molecule has 0 aliphatic heterocycles. The zero-order chi connectivity index (χ0) is 15.9. The minimum absolute atomic E-state index is 0.0141. The van der Waals surface area contributed by atoms with Crippen LogP contribution in [-0.2, 0) is 0 Å². The Bertz CT molecular complexity index is 906. The third-order valence-electron chi connectivity index (χ3n) is 4.05. The summed E-state index contributed by atoms with van der Waals surface area (Å²) in [6.07, 6.45) is 0. The third kappa shape index (κ3) is 2.39. The average molecular weight is 294 g/mol. The van der Waals surface area contributed by atoms with Gasteiger partial charge in [-0.05, 0) is 37.1 Å². The molecular weight excluding hydrogens is 276 g/mol. The maximum absolute atomic E-state index is 12.3. The molecule has 3 rings (SSSR count). The van der Waals surface area contributed by atoms with Gasteiger partial charge in [0.2, 0.25) is 0 Å². The summed E-state index contributed by atoms with van der Waals surface area (Å²) >= 11 is 0. The van der Waals surface area contributed by atoms with Crippen LogP contribution in [0.5, 0.6) is 5.75 Å². The van der Waals surface area contributed by atoms with Gasteiger partial charge in [-0.1, -0.05) is 42.8 Å². The van der Waals surface area contributed by atoms with Crippen LogP contribution < -0.4 is 5.63 Å². The van der Waals surface area contributed by atoms with E-state index in [-0.39, 0.29) is 11.7 Å². The molecule has 112 valence electrons. The van der Waals surface area contributed by atoms with Crippen LogP contribution in [0.25, 0.3) is 11.0 Å². The Labute approximate surface area is 128 Å². The molecule has 1 aromatic heterocycles. The highest BCUT2D eigenvalue weighted by Gasteiger charge is 2.21. The summed E-state index contributed by atoms with van der Waals surface area (Å²) < 4.78 is 5.41. The van der Waals surface area contributed by atoms with Crippen LogP contribution in [0.15, 0.2) is 51.7 Å². The van der Waals surface area contributed by atoms with Crippen LogP contribution in [-0.4, -0.2) is 5.11 Å². The molecule has 22 heavy (non-hydrogen) atoms. The van der Waals surface area contributed by atoms with E-state index in [2.05, 4.69) is 0 Å². The molecule has 0 fully saturated rings. The summed E-state index contributed by atoms with van der Waals surface area (Å²) in [7, 11) is 0. The van der Waals surface area contributed by atoms with E-state index in [9.17, 15) is 9.90 Å². The van der Waals surface area contributed by atoms with E-state index in [1.807, 2.05) is 51.1 Å². The molecule has 1 unspecified atom stereocenters. The molecule has 1 N–H and O–H groups in total. The molecule has 1 heterocycles. The number of hydrogen-bond donors (Lipinski definition) is 1. The molecule has 0 saturated carbocycles. The van der Waals surface area contributed by atoms with Gasteiger partial charge in [0, 0.05) is 5.92 Å². The lowest BCUT2D eigenvalue weighted by Crippen LogP contribution is -2.12. The summed E-state index contributed by atoms with van der Waals surface area (Å²) in [5.74, 6) is -0.220. The van der Waals surface area contributed by atoms with Gasteiger partial charge in [-0.2, -0.15) is 0 Å². The van der Waals surface area contributed by atoms with Crippen molar-refractivity contribution >= 4 is 11.0 Å². The van der Waals surface area contributed by atoms with Crippen molar-refractivity contribution in [3.63, 3.8) is 0 Å². The number of hydrogen-bond acceptors (Lipinski definition) is 3. The lowest BCUT2D eigenvalue weighted by atomic mass is 9.92. The second-order valence-corrected chi connectivity index (χ2v) is 5.79. The normalized spacial score (nSPS) is 12.5. The van der Waals surface area contributed by atoms with Gasteiger partial charge < -0.3 is 9.52 Å². The molecule has 2 aromatic carbocycles. The van der Waals surface area contributed by atoms with Gasteiger partial charge in [-0.15, -0.1) is 0 Å². The molecule has 3 aromatic rings. The molecule has 1 atom stereocenters. The average Bonchev–Trinajstić information content (AvgIpc) is 2.46. The van der Waals surface area contributed by atoms with Gasteiger partial charge in [0.15, 0.2) is 0 Å². The van der Waals surface area contributed by atoms with Crippen molar-refractivity contribution in [2.24, 2.45) is 0 Å². The molecule has 0 bridgehead atoms. The number of aromatic hydroxyl groups is 1. The van der Waals surface area contributed by atoms with E-state index in [1.165, 1.54) is 0 Å². The molecule has 0 spiro atoms. The van der Waals surface area contributed by atoms with Crippen LogP contribution in [0.1, 0.15) is 35.1 Å². The summed E-state index contributed by atoms with van der Waals surface area (Å²) in [6.45, 7) is 5.82. The first-order valence-electron chi connectivity index (χ1n) is 7.30. The van der Waals surface area contributed by atoms with E-state index in [4.69, 9.17) is 4.42 Å². The van der Waals surface area contributed by atoms with Crippen molar-refractivity contribution in [1.29, 1.82) is 0 Å². The Kier molecular flexibility index (Phi) is 3.49. The van der Waals surface area contributed by atoms with E-state index >= 15 is 0 Å². The zero-order valence-electron chi connectivity index (χ0n) is 12.9. The second kappa shape index (κ2) is 5.34. The Morgan fingerprint density at radius 2 is 1.77 bits per heavy atom. The molecule has 0 saturated heterocycles. The molecule has 0 aliphatic carbocycles. The zero-order valence-corrected chi connectivity index (χ0v) is 12.9. The molecule has 0 radical (unpaired) electrons. The van der Waals surface area contributed by atoms with Crippen LogP contribution >= 0.6 is 0 Å². The van der Waals surface area contributed by atoms with Crippen molar-refractivity contribution in [2.45, 2.75) is 26.7 Å². The first kappa shape index (κ1) is 14.4. The number of fused-ring (bicyclic) bond motifs is 1. The van der Waals surface area contributed by atoms with Crippen molar-refractivity contribution in [3.05, 3.63) is 75.1 Å². The van der Waals surface area contributed by atoms with Gasteiger partial charge in [0.1, 0.15) is 11.3 Å². The minimum Gasteiger partial charge on any atom is -0.507 e. The van der Waals surface area contributed by atoms with E-state index in [0.717, 1.165) is 16.7 Å². The topological polar surface area (TPSA) is 50.4 Å². The van der Waals surface area contributed by atoms with Gasteiger partial charge in [0.05, 0.1) is 10.9 Å². The standard InChI is InChI=1S/C19H18O3/c1-11-5-4-6-14(9-11)13(3)17-18(20)15-8-7-12(2)10-16(15)22-19(17)21/h4-10,13,20H,1-3H3. The fraction of sp³-hybridized carbons (Fsp3) is 0.211. The summed E-state index contributed by atoms with van der Waals surface area (Å²) in [5, 5.41) is 11.1. The maximum Gasteiger partial charge on any atom is 0.343 e. The molecular formula is C19H18O3. The molecule has 3 heteroatoms. The van der Waals surface area contributed by atoms with Gasteiger partial charge in [-0.3, -0.25) is 0 Å². The van der Waals surface area contributed by atoms with E-state index in [1.54, 1.807) is 12.1 Å². The SMILES string of the molecule is Cc1cccc(C(C)c2c(O)c3ccc(C)cc3oc2=O)c1. The van der Waals surface area contributed by atoms with Crippen LogP contribution in [0, 0.1) is 13.8 Å². The van der Waals surface area contributed by atoms with Gasteiger partial charge in [0.25, 0.3) is 0 Å². The summed E-state index contributed by atoms with van der Waals surface area (Å²) in [4.78, 5) is 12.3. The molecule has 3 nitrogen and oxygen atoms in total. The van der Waals surface area contributed by atoms with Crippen LogP contribution in [0.2, 0.25) is 0 Å². The first-order chi connectivity index (χ1) is 10.5. The van der Waals surface area contributed by atoms with E-state index < -0.39 is 5.63 Å². The van der Waals surface area contributed by atoms with Crippen molar-refractivity contribution in [3.8, 4) is 5.75 Å². The fourth-order valence-electron chi connectivity index (χ4n) is 2.79. The lowest BCUT2D eigenvalue weighted by molar-refractivity contribution is 0.453. The van der Waals surface area contributed by atoms with Crippen molar-refractivity contribution in [2.75, 3.05) is 0 Å². The van der Waals surface area contributed by atoms with Gasteiger partial charge >= 0.3 is 5.63 Å². The lowest BCUT2D eigenvalue weighted by Gasteiger charge is -2.14. The predicted molar refractivity (Wildman–Crippen MR) is 87.6 cm³/mol. The quantitative estimate of drug-likeness (QED) is 0.718. The Morgan fingerprint density at radius 1 is 1.05 bits per heavy atom. The van der Waals surface area contributed by atoms with Crippen LogP contribution in [0.3, 0.4) is 0 Å². The van der Waals surface area contributed by atoms with Gasteiger partial charge in [-0.25, -0.2) is 4.79 Å². The second-order valence-electron chi connectivity index (χ2n) is 5.79. The highest BCUT2D eigenvalue weighted by atomic mass is 16.4. The summed E-state index contributed by atoms with van der Waals surface area (Å²) in [5.41, 5.74) is 3.32. The Balaban J connectivity index is 2.22. The smallest absolute Gasteiger partial charge is 0.343 e. The minimum atomic E-state index is -0.482. The number of rotatable bonds is 2. The van der Waals surface area contributed by atoms with Crippen LogP contribution in [0.4, 0.5) is 0 Å².